The number of rotatable bonds is 7. The Bertz CT molecular complexity index is 460. The molecule has 0 aliphatic heterocycles. The van der Waals surface area contributed by atoms with Crippen LogP contribution in [-0.2, 0) is 20.7 Å². The Labute approximate surface area is 116 Å². The van der Waals surface area contributed by atoms with E-state index in [-0.39, 0.29) is 18.8 Å². The van der Waals surface area contributed by atoms with Crippen LogP contribution < -0.4 is 11.1 Å². The summed E-state index contributed by atoms with van der Waals surface area (Å²) in [5.74, 6) is -1.63. The van der Waals surface area contributed by atoms with Crippen LogP contribution in [0.4, 0.5) is 0 Å². The summed E-state index contributed by atoms with van der Waals surface area (Å²) in [4.78, 5) is 22.7. The number of benzene rings is 1. The minimum Gasteiger partial charge on any atom is -0.508 e. The van der Waals surface area contributed by atoms with E-state index in [1.807, 2.05) is 0 Å². The molecule has 0 radical (unpaired) electrons. The van der Waals surface area contributed by atoms with Gasteiger partial charge < -0.3 is 26.0 Å². The predicted molar refractivity (Wildman–Crippen MR) is 71.2 cm³/mol. The highest BCUT2D eigenvalue weighted by Crippen LogP contribution is 2.10. The Morgan fingerprint density at radius 1 is 1.35 bits per heavy atom. The number of phenols is 1. The van der Waals surface area contributed by atoms with Crippen LogP contribution in [0.1, 0.15) is 5.56 Å². The number of phenolic OH excluding ortho intramolecular Hbond substituents is 1. The lowest BCUT2D eigenvalue weighted by molar-refractivity contribution is -0.143. The maximum Gasteiger partial charge on any atom is 0.328 e. The van der Waals surface area contributed by atoms with E-state index in [0.717, 1.165) is 5.56 Å². The lowest BCUT2D eigenvalue weighted by Gasteiger charge is -2.17. The van der Waals surface area contributed by atoms with E-state index < -0.39 is 24.0 Å². The summed E-state index contributed by atoms with van der Waals surface area (Å²) in [7, 11) is 1.35. The van der Waals surface area contributed by atoms with Crippen molar-refractivity contribution in [3.8, 4) is 5.75 Å². The Hall–Kier alpha value is -2.12. The quantitative estimate of drug-likeness (QED) is 0.533. The fraction of sp³-hybridized carbons (Fsp3) is 0.385. The summed E-state index contributed by atoms with van der Waals surface area (Å²) >= 11 is 0. The van der Waals surface area contributed by atoms with Gasteiger partial charge in [0, 0.05) is 7.11 Å². The average molecular weight is 282 g/mol. The molecule has 110 valence electrons. The van der Waals surface area contributed by atoms with Crippen molar-refractivity contribution in [3.63, 3.8) is 0 Å². The van der Waals surface area contributed by atoms with Crippen molar-refractivity contribution < 1.29 is 24.5 Å². The first kappa shape index (κ1) is 15.9. The summed E-state index contributed by atoms with van der Waals surface area (Å²) in [5.41, 5.74) is 6.49. The molecule has 0 aliphatic rings. The van der Waals surface area contributed by atoms with Crippen molar-refractivity contribution in [2.24, 2.45) is 5.73 Å². The van der Waals surface area contributed by atoms with Gasteiger partial charge in [-0.05, 0) is 24.1 Å². The number of hydrogen-bond acceptors (Lipinski definition) is 5. The topological polar surface area (TPSA) is 122 Å². The first-order valence-electron chi connectivity index (χ1n) is 5.99. The van der Waals surface area contributed by atoms with Gasteiger partial charge in [0.1, 0.15) is 5.75 Å². The molecule has 1 rings (SSSR count). The van der Waals surface area contributed by atoms with Crippen LogP contribution in [0.3, 0.4) is 0 Å². The molecule has 0 saturated carbocycles. The van der Waals surface area contributed by atoms with Crippen molar-refractivity contribution in [2.75, 3.05) is 13.7 Å². The molecule has 0 fully saturated rings. The Morgan fingerprint density at radius 3 is 2.45 bits per heavy atom. The fourth-order valence-corrected chi connectivity index (χ4v) is 1.60. The summed E-state index contributed by atoms with van der Waals surface area (Å²) in [6.07, 6.45) is 0.242. The second-order valence-electron chi connectivity index (χ2n) is 4.33. The van der Waals surface area contributed by atoms with Gasteiger partial charge in [0.15, 0.2) is 6.04 Å². The zero-order valence-corrected chi connectivity index (χ0v) is 11.1. The lowest BCUT2D eigenvalue weighted by Crippen LogP contribution is -2.50. The molecule has 0 bridgehead atoms. The summed E-state index contributed by atoms with van der Waals surface area (Å²) in [6, 6.07) is 4.27. The van der Waals surface area contributed by atoms with Crippen molar-refractivity contribution >= 4 is 11.9 Å². The summed E-state index contributed by atoms with van der Waals surface area (Å²) in [6.45, 7) is -0.132. The molecule has 1 unspecified atom stereocenters. The van der Waals surface area contributed by atoms with Gasteiger partial charge in [-0.1, -0.05) is 12.1 Å². The van der Waals surface area contributed by atoms with Crippen LogP contribution in [0, 0.1) is 0 Å². The van der Waals surface area contributed by atoms with Crippen molar-refractivity contribution in [1.29, 1.82) is 0 Å². The number of nitrogens with two attached hydrogens (primary N) is 1. The fourth-order valence-electron chi connectivity index (χ4n) is 1.60. The maximum atomic E-state index is 11.8. The lowest BCUT2D eigenvalue weighted by atomic mass is 10.1. The monoisotopic (exact) mass is 282 g/mol. The van der Waals surface area contributed by atoms with Gasteiger partial charge in [0.25, 0.3) is 0 Å². The SMILES string of the molecule is COCC(NC(=O)[C@H](N)Cc1ccc(O)cc1)C(=O)O. The molecule has 0 aliphatic carbocycles. The summed E-state index contributed by atoms with van der Waals surface area (Å²) in [5, 5.41) is 20.4. The van der Waals surface area contributed by atoms with Crippen LogP contribution in [0.2, 0.25) is 0 Å². The highest BCUT2D eigenvalue weighted by atomic mass is 16.5. The van der Waals surface area contributed by atoms with Gasteiger partial charge in [-0.25, -0.2) is 4.79 Å². The Kier molecular flexibility index (Phi) is 5.95. The molecule has 1 amide bonds. The third kappa shape index (κ3) is 4.87. The minimum atomic E-state index is -1.18. The largest absolute Gasteiger partial charge is 0.508 e. The zero-order valence-electron chi connectivity index (χ0n) is 11.1. The van der Waals surface area contributed by atoms with Crippen LogP contribution in [0.15, 0.2) is 24.3 Å². The van der Waals surface area contributed by atoms with E-state index in [2.05, 4.69) is 5.32 Å². The number of amides is 1. The normalized spacial score (nSPS) is 13.5. The number of aliphatic carboxylic acids is 1. The van der Waals surface area contributed by atoms with Gasteiger partial charge in [-0.2, -0.15) is 0 Å². The molecule has 20 heavy (non-hydrogen) atoms. The molecule has 0 aromatic heterocycles. The van der Waals surface area contributed by atoms with Crippen LogP contribution in [0.25, 0.3) is 0 Å². The number of carbonyl (C=O) groups is 2. The van der Waals surface area contributed by atoms with E-state index in [1.165, 1.54) is 19.2 Å². The highest BCUT2D eigenvalue weighted by Gasteiger charge is 2.23. The van der Waals surface area contributed by atoms with Crippen molar-refractivity contribution in [2.45, 2.75) is 18.5 Å². The van der Waals surface area contributed by atoms with E-state index in [4.69, 9.17) is 20.7 Å². The number of carboxylic acid groups (broad SMARTS) is 1. The Balaban J connectivity index is 2.57. The second-order valence-corrected chi connectivity index (χ2v) is 4.33. The zero-order chi connectivity index (χ0) is 15.1. The Morgan fingerprint density at radius 2 is 1.95 bits per heavy atom. The first-order valence-corrected chi connectivity index (χ1v) is 5.99. The van der Waals surface area contributed by atoms with Crippen molar-refractivity contribution in [3.05, 3.63) is 29.8 Å². The molecule has 7 nitrogen and oxygen atoms in total. The molecular weight excluding hydrogens is 264 g/mol. The number of hydrogen-bond donors (Lipinski definition) is 4. The molecule has 7 heteroatoms. The highest BCUT2D eigenvalue weighted by molar-refractivity contribution is 5.87. The third-order valence-corrected chi connectivity index (χ3v) is 2.68. The predicted octanol–water partition coefficient (Wildman–Crippen LogP) is -0.522. The molecular formula is C13H18N2O5. The van der Waals surface area contributed by atoms with Crippen LogP contribution >= 0.6 is 0 Å². The molecule has 2 atom stereocenters. The molecule has 5 N–H and O–H groups in total. The van der Waals surface area contributed by atoms with Crippen LogP contribution in [0.5, 0.6) is 5.75 Å². The molecule has 1 aromatic carbocycles. The minimum absolute atomic E-state index is 0.123. The van der Waals surface area contributed by atoms with E-state index in [1.54, 1.807) is 12.1 Å². The second kappa shape index (κ2) is 7.46. The van der Waals surface area contributed by atoms with Gasteiger partial charge in [-0.3, -0.25) is 4.79 Å². The summed E-state index contributed by atoms with van der Waals surface area (Å²) < 4.78 is 4.71. The molecule has 1 aromatic rings. The van der Waals surface area contributed by atoms with Gasteiger partial charge in [0.2, 0.25) is 5.91 Å². The number of carboxylic acids is 1. The van der Waals surface area contributed by atoms with Gasteiger partial charge in [0.05, 0.1) is 12.6 Å². The van der Waals surface area contributed by atoms with Gasteiger partial charge in [-0.15, -0.1) is 0 Å². The molecule has 0 heterocycles. The van der Waals surface area contributed by atoms with Gasteiger partial charge >= 0.3 is 5.97 Å². The van der Waals surface area contributed by atoms with E-state index in [9.17, 15) is 9.59 Å². The van der Waals surface area contributed by atoms with Crippen LogP contribution in [-0.4, -0.2) is 47.9 Å². The standard InChI is InChI=1S/C13H18N2O5/c1-20-7-11(13(18)19)15-12(17)10(14)6-8-2-4-9(16)5-3-8/h2-5,10-11,16H,6-7,14H2,1H3,(H,15,17)(H,18,19)/t10-,11?/m1/s1. The first-order chi connectivity index (χ1) is 9.43. The maximum absolute atomic E-state index is 11.8. The number of ether oxygens (including phenoxy) is 1. The van der Waals surface area contributed by atoms with Crippen molar-refractivity contribution in [1.82, 2.24) is 5.32 Å². The number of aromatic hydroxyl groups is 1. The van der Waals surface area contributed by atoms with E-state index in [0.29, 0.717) is 0 Å². The molecule has 0 saturated heterocycles. The number of nitrogens with one attached hydrogen (secondary N) is 1. The number of methoxy groups -OCH3 is 1. The average Bonchev–Trinajstić information content (AvgIpc) is 2.40. The molecule has 0 spiro atoms. The number of carbonyl (C=O) groups excluding carboxylic acids is 1. The third-order valence-electron chi connectivity index (χ3n) is 2.68. The smallest absolute Gasteiger partial charge is 0.328 e. The van der Waals surface area contributed by atoms with E-state index >= 15 is 0 Å².